The van der Waals surface area contributed by atoms with Gasteiger partial charge in [0, 0.05) is 11.6 Å². The molecule has 3 rings (SSSR count). The van der Waals surface area contributed by atoms with Gasteiger partial charge in [0.05, 0.1) is 18.7 Å². The average Bonchev–Trinajstić information content (AvgIpc) is 3.06. The third-order valence-corrected chi connectivity index (χ3v) is 4.03. The Hall–Kier alpha value is -2.73. The van der Waals surface area contributed by atoms with Crippen LogP contribution in [-0.2, 0) is 11.2 Å². The van der Waals surface area contributed by atoms with Crippen molar-refractivity contribution in [2.45, 2.75) is 13.3 Å². The molecule has 0 aliphatic rings. The van der Waals surface area contributed by atoms with E-state index in [9.17, 15) is 4.79 Å². The minimum atomic E-state index is -0.0962. The molecular formula is C18H17N3O2S. The number of aromatic nitrogens is 2. The highest BCUT2D eigenvalue weighted by Crippen LogP contribution is 2.23. The first-order chi connectivity index (χ1) is 11.7. The maximum absolute atomic E-state index is 12.1. The fourth-order valence-electron chi connectivity index (χ4n) is 2.18. The third kappa shape index (κ3) is 4.17. The van der Waals surface area contributed by atoms with Crippen molar-refractivity contribution in [3.63, 3.8) is 0 Å². The lowest BCUT2D eigenvalue weighted by Crippen LogP contribution is -2.14. The molecule has 6 heteroatoms. The number of carbonyl (C=O) groups excluding carboxylic acids is 1. The van der Waals surface area contributed by atoms with E-state index in [0.717, 1.165) is 22.7 Å². The predicted molar refractivity (Wildman–Crippen MR) is 95.3 cm³/mol. The molecule has 1 aromatic carbocycles. The first-order valence-electron chi connectivity index (χ1n) is 7.63. The third-order valence-electron chi connectivity index (χ3n) is 3.28. The van der Waals surface area contributed by atoms with E-state index in [2.05, 4.69) is 15.3 Å². The van der Waals surface area contributed by atoms with Gasteiger partial charge in [-0.2, -0.15) is 0 Å². The molecule has 0 aliphatic carbocycles. The van der Waals surface area contributed by atoms with Crippen LogP contribution in [-0.4, -0.2) is 22.5 Å². The second kappa shape index (κ2) is 7.70. The lowest BCUT2D eigenvalue weighted by molar-refractivity contribution is -0.115. The monoisotopic (exact) mass is 339 g/mol. The molecule has 0 saturated heterocycles. The molecule has 0 aliphatic heterocycles. The highest BCUT2D eigenvalue weighted by molar-refractivity contribution is 7.14. The summed E-state index contributed by atoms with van der Waals surface area (Å²) in [5.41, 5.74) is 2.48. The molecule has 0 bridgehead atoms. The Balaban J connectivity index is 1.60. The van der Waals surface area contributed by atoms with Crippen molar-refractivity contribution >= 4 is 22.4 Å². The molecule has 1 amide bonds. The first-order valence-corrected chi connectivity index (χ1v) is 8.51. The number of thiazole rings is 1. The van der Waals surface area contributed by atoms with Crippen molar-refractivity contribution in [2.24, 2.45) is 0 Å². The molecule has 24 heavy (non-hydrogen) atoms. The maximum atomic E-state index is 12.1. The summed E-state index contributed by atoms with van der Waals surface area (Å²) in [6, 6.07) is 13.2. The number of hydrogen-bond acceptors (Lipinski definition) is 5. The SMILES string of the molecule is CCOc1ccc(CC(=O)Nc2nc(-c3ccccn3)cs2)cc1. The molecule has 2 aromatic heterocycles. The fourth-order valence-corrected chi connectivity index (χ4v) is 2.90. The molecule has 0 saturated carbocycles. The van der Waals surface area contributed by atoms with Crippen LogP contribution in [0.2, 0.25) is 0 Å². The molecule has 3 aromatic rings. The normalized spacial score (nSPS) is 10.4. The Bertz CT molecular complexity index is 801. The Morgan fingerprint density at radius 1 is 1.17 bits per heavy atom. The Morgan fingerprint density at radius 3 is 2.71 bits per heavy atom. The Labute approximate surface area is 144 Å². The van der Waals surface area contributed by atoms with Crippen molar-refractivity contribution in [2.75, 3.05) is 11.9 Å². The number of amides is 1. The van der Waals surface area contributed by atoms with Gasteiger partial charge >= 0.3 is 0 Å². The zero-order valence-electron chi connectivity index (χ0n) is 13.2. The quantitative estimate of drug-likeness (QED) is 0.742. The molecule has 5 nitrogen and oxygen atoms in total. The van der Waals surface area contributed by atoms with Crippen molar-refractivity contribution < 1.29 is 9.53 Å². The van der Waals surface area contributed by atoms with Crippen LogP contribution < -0.4 is 10.1 Å². The predicted octanol–water partition coefficient (Wildman–Crippen LogP) is 3.79. The van der Waals surface area contributed by atoms with E-state index >= 15 is 0 Å². The minimum Gasteiger partial charge on any atom is -0.494 e. The van der Waals surface area contributed by atoms with E-state index in [1.54, 1.807) is 6.20 Å². The van der Waals surface area contributed by atoms with Gasteiger partial charge in [-0.3, -0.25) is 9.78 Å². The second-order valence-electron chi connectivity index (χ2n) is 5.05. The van der Waals surface area contributed by atoms with Gasteiger partial charge in [0.1, 0.15) is 11.4 Å². The zero-order chi connectivity index (χ0) is 16.8. The number of benzene rings is 1. The highest BCUT2D eigenvalue weighted by atomic mass is 32.1. The van der Waals surface area contributed by atoms with Crippen LogP contribution in [0.1, 0.15) is 12.5 Å². The van der Waals surface area contributed by atoms with Crippen LogP contribution >= 0.6 is 11.3 Å². The molecule has 0 fully saturated rings. The number of anilines is 1. The smallest absolute Gasteiger partial charge is 0.230 e. The molecule has 0 spiro atoms. The molecule has 2 heterocycles. The lowest BCUT2D eigenvalue weighted by atomic mass is 10.1. The van der Waals surface area contributed by atoms with E-state index in [1.165, 1.54) is 11.3 Å². The Kier molecular flexibility index (Phi) is 5.18. The van der Waals surface area contributed by atoms with Crippen molar-refractivity contribution in [1.29, 1.82) is 0 Å². The van der Waals surface area contributed by atoms with Gasteiger partial charge in [0.25, 0.3) is 0 Å². The Morgan fingerprint density at radius 2 is 2.00 bits per heavy atom. The van der Waals surface area contributed by atoms with Gasteiger partial charge in [-0.25, -0.2) is 4.98 Å². The minimum absolute atomic E-state index is 0.0962. The number of nitrogens with zero attached hydrogens (tertiary/aromatic N) is 2. The van der Waals surface area contributed by atoms with Gasteiger partial charge < -0.3 is 10.1 Å². The fraction of sp³-hybridized carbons (Fsp3) is 0.167. The van der Waals surface area contributed by atoms with Crippen LogP contribution in [0.4, 0.5) is 5.13 Å². The summed E-state index contributed by atoms with van der Waals surface area (Å²) < 4.78 is 5.39. The zero-order valence-corrected chi connectivity index (χ0v) is 14.0. The van der Waals surface area contributed by atoms with E-state index < -0.39 is 0 Å². The molecule has 0 radical (unpaired) electrons. The largest absolute Gasteiger partial charge is 0.494 e. The van der Waals surface area contributed by atoms with E-state index in [4.69, 9.17) is 4.74 Å². The molecule has 0 unspecified atom stereocenters. The number of rotatable bonds is 6. The molecule has 0 atom stereocenters. The first kappa shape index (κ1) is 16.1. The molecule has 122 valence electrons. The molecular weight excluding hydrogens is 322 g/mol. The van der Waals surface area contributed by atoms with Crippen molar-refractivity contribution in [1.82, 2.24) is 9.97 Å². The van der Waals surface area contributed by atoms with Gasteiger partial charge in [-0.1, -0.05) is 18.2 Å². The summed E-state index contributed by atoms with van der Waals surface area (Å²) in [6.45, 7) is 2.57. The second-order valence-corrected chi connectivity index (χ2v) is 5.91. The number of nitrogens with one attached hydrogen (secondary N) is 1. The number of pyridine rings is 1. The van der Waals surface area contributed by atoms with Crippen molar-refractivity contribution in [3.8, 4) is 17.1 Å². The maximum Gasteiger partial charge on any atom is 0.230 e. The van der Waals surface area contributed by atoms with Crippen LogP contribution in [0.15, 0.2) is 54.0 Å². The number of carbonyl (C=O) groups is 1. The lowest BCUT2D eigenvalue weighted by Gasteiger charge is -2.05. The number of hydrogen-bond donors (Lipinski definition) is 1. The summed E-state index contributed by atoms with van der Waals surface area (Å²) in [5, 5.41) is 5.29. The van der Waals surface area contributed by atoms with E-state index in [-0.39, 0.29) is 5.91 Å². The number of ether oxygens (including phenoxy) is 1. The van der Waals surface area contributed by atoms with Gasteiger partial charge in [0.2, 0.25) is 5.91 Å². The average molecular weight is 339 g/mol. The molecule has 1 N–H and O–H groups in total. The van der Waals surface area contributed by atoms with E-state index in [0.29, 0.717) is 18.2 Å². The summed E-state index contributed by atoms with van der Waals surface area (Å²) in [4.78, 5) is 20.8. The summed E-state index contributed by atoms with van der Waals surface area (Å²) in [6.07, 6.45) is 2.02. The topological polar surface area (TPSA) is 64.1 Å². The van der Waals surface area contributed by atoms with Crippen LogP contribution in [0, 0.1) is 0 Å². The summed E-state index contributed by atoms with van der Waals surface area (Å²) >= 11 is 1.39. The van der Waals surface area contributed by atoms with Crippen LogP contribution in [0.5, 0.6) is 5.75 Å². The summed E-state index contributed by atoms with van der Waals surface area (Å²) in [5.74, 6) is 0.711. The van der Waals surface area contributed by atoms with Crippen LogP contribution in [0.3, 0.4) is 0 Å². The highest BCUT2D eigenvalue weighted by Gasteiger charge is 2.09. The van der Waals surface area contributed by atoms with E-state index in [1.807, 2.05) is 54.8 Å². The summed E-state index contributed by atoms with van der Waals surface area (Å²) in [7, 11) is 0. The standard InChI is InChI=1S/C18H17N3O2S/c1-2-23-14-8-6-13(7-9-14)11-17(22)21-18-20-16(12-24-18)15-5-3-4-10-19-15/h3-10,12H,2,11H2,1H3,(H,20,21,22). The van der Waals surface area contributed by atoms with Crippen LogP contribution in [0.25, 0.3) is 11.4 Å². The van der Waals surface area contributed by atoms with Gasteiger partial charge in [-0.15, -0.1) is 11.3 Å². The van der Waals surface area contributed by atoms with Crippen molar-refractivity contribution in [3.05, 3.63) is 59.6 Å². The van der Waals surface area contributed by atoms with Gasteiger partial charge in [0.15, 0.2) is 5.13 Å². The van der Waals surface area contributed by atoms with Gasteiger partial charge in [-0.05, 0) is 36.8 Å².